The van der Waals surface area contributed by atoms with Gasteiger partial charge in [0.2, 0.25) is 23.8 Å². The first-order valence-electron chi connectivity index (χ1n) is 13.8. The van der Waals surface area contributed by atoms with E-state index in [1.165, 1.54) is 14.2 Å². The lowest BCUT2D eigenvalue weighted by atomic mass is 9.67. The zero-order valence-electron chi connectivity index (χ0n) is 24.2. The summed E-state index contributed by atoms with van der Waals surface area (Å²) in [4.78, 5) is 11.7. The number of para-hydroxylation sites is 2. The van der Waals surface area contributed by atoms with Gasteiger partial charge in [-0.05, 0) is 50.8 Å². The molecule has 0 aliphatic carbocycles. The van der Waals surface area contributed by atoms with E-state index < -0.39 is 17.7 Å². The van der Waals surface area contributed by atoms with Crippen molar-refractivity contribution in [2.45, 2.75) is 77.5 Å². The predicted octanol–water partition coefficient (Wildman–Crippen LogP) is 6.31. The Balaban J connectivity index is 1.93. The van der Waals surface area contributed by atoms with E-state index in [0.717, 1.165) is 0 Å². The number of rotatable bonds is 16. The maximum absolute atomic E-state index is 12.0. The highest BCUT2D eigenvalue weighted by Gasteiger charge is 2.43. The molecule has 3 rings (SSSR count). The normalized spacial score (nSPS) is 15.4. The van der Waals surface area contributed by atoms with Gasteiger partial charge in [0.1, 0.15) is 0 Å². The molecular weight excluding hydrogens is 516 g/mol. The fraction of sp³-hybridized carbons (Fsp3) is 0.567. The Labute approximate surface area is 236 Å². The largest absolute Gasteiger partial charge is 0.490 e. The van der Waals surface area contributed by atoms with E-state index in [0.29, 0.717) is 72.5 Å². The Morgan fingerprint density at radius 3 is 2.17 bits per heavy atom. The molecule has 10 nitrogen and oxygen atoms in total. The second-order valence-corrected chi connectivity index (χ2v) is 9.76. The molecule has 0 N–H and O–H groups in total. The van der Waals surface area contributed by atoms with Gasteiger partial charge in [-0.15, -0.1) is 0 Å². The third kappa shape index (κ3) is 6.30. The molecule has 10 heteroatoms. The lowest BCUT2D eigenvalue weighted by molar-refractivity contribution is -0.527. The van der Waals surface area contributed by atoms with Gasteiger partial charge in [0, 0.05) is 16.9 Å². The third-order valence-corrected chi connectivity index (χ3v) is 7.52. The van der Waals surface area contributed by atoms with Crippen LogP contribution in [-0.4, -0.2) is 44.7 Å². The molecule has 1 aliphatic rings. The summed E-state index contributed by atoms with van der Waals surface area (Å²) in [5.41, 5.74) is -0.398. The van der Waals surface area contributed by atoms with Crippen molar-refractivity contribution in [1.82, 2.24) is 0 Å². The summed E-state index contributed by atoms with van der Waals surface area (Å²) < 4.78 is 34.8. The van der Waals surface area contributed by atoms with Crippen LogP contribution < -0.4 is 28.4 Å². The van der Waals surface area contributed by atoms with E-state index in [-0.39, 0.29) is 23.7 Å². The number of methoxy groups -OCH3 is 2. The van der Waals surface area contributed by atoms with Gasteiger partial charge in [-0.3, -0.25) is 10.1 Å². The number of nitriles is 1. The zero-order valence-corrected chi connectivity index (χ0v) is 24.2. The second-order valence-electron chi connectivity index (χ2n) is 9.76. The maximum Gasteiger partial charge on any atom is 0.248 e. The van der Waals surface area contributed by atoms with Gasteiger partial charge in [0.15, 0.2) is 23.0 Å². The van der Waals surface area contributed by atoms with Crippen molar-refractivity contribution in [2.24, 2.45) is 5.92 Å². The fourth-order valence-corrected chi connectivity index (χ4v) is 5.28. The predicted molar refractivity (Wildman–Crippen MR) is 149 cm³/mol. The molecule has 0 saturated heterocycles. The van der Waals surface area contributed by atoms with Crippen LogP contribution in [0.4, 0.5) is 0 Å². The SMILES string of the molecule is CCOc1cc(C(C#N)(CCCC(CC2Oc3ccccc3O2)[N+](=O)[O-])C(C)CC)c(OCC)c(OC)c1OC. The number of ether oxygens (including phenoxy) is 6. The van der Waals surface area contributed by atoms with Crippen LogP contribution in [0.3, 0.4) is 0 Å². The Morgan fingerprint density at radius 1 is 1.05 bits per heavy atom. The molecule has 3 unspecified atom stereocenters. The standard InChI is InChI=1S/C30H40N2O8/c1-7-20(4)30(19-31,22-18-25(37-8-2)28(35-5)29(36-6)27(22)38-9-3)16-12-13-21(32(33)34)17-26-39-23-14-10-11-15-24(23)40-26/h10-11,14-15,18,20-21,26H,7-9,12-13,16-17H2,1-6H3. The molecule has 1 aliphatic heterocycles. The number of benzene rings is 2. The van der Waals surface area contributed by atoms with Crippen LogP contribution >= 0.6 is 0 Å². The summed E-state index contributed by atoms with van der Waals surface area (Å²) in [5.74, 6) is 2.66. The smallest absolute Gasteiger partial charge is 0.248 e. The summed E-state index contributed by atoms with van der Waals surface area (Å²) in [6.07, 6.45) is 1.12. The minimum atomic E-state index is -1.03. The molecule has 2 aromatic rings. The third-order valence-electron chi connectivity index (χ3n) is 7.52. The molecule has 0 bridgehead atoms. The van der Waals surface area contributed by atoms with Gasteiger partial charge in [-0.1, -0.05) is 32.4 Å². The monoisotopic (exact) mass is 556 g/mol. The molecule has 0 amide bonds. The van der Waals surface area contributed by atoms with Gasteiger partial charge < -0.3 is 28.4 Å². The lowest BCUT2D eigenvalue weighted by Gasteiger charge is -2.35. The Morgan fingerprint density at radius 2 is 1.68 bits per heavy atom. The van der Waals surface area contributed by atoms with Crippen LogP contribution in [0, 0.1) is 27.4 Å². The topological polar surface area (TPSA) is 122 Å². The van der Waals surface area contributed by atoms with E-state index in [1.54, 1.807) is 18.2 Å². The van der Waals surface area contributed by atoms with E-state index >= 15 is 0 Å². The Bertz CT molecular complexity index is 1170. The van der Waals surface area contributed by atoms with Crippen molar-refractivity contribution >= 4 is 0 Å². The quantitative estimate of drug-likeness (QED) is 0.173. The molecule has 218 valence electrons. The molecule has 0 saturated carbocycles. The number of hydrogen-bond acceptors (Lipinski definition) is 9. The Kier molecular flexibility index (Phi) is 10.7. The summed E-state index contributed by atoms with van der Waals surface area (Å²) in [7, 11) is 3.04. The van der Waals surface area contributed by atoms with Crippen LogP contribution in [0.2, 0.25) is 0 Å². The van der Waals surface area contributed by atoms with Crippen molar-refractivity contribution < 1.29 is 33.3 Å². The van der Waals surface area contributed by atoms with E-state index in [1.807, 2.05) is 39.8 Å². The van der Waals surface area contributed by atoms with Crippen LogP contribution in [0.25, 0.3) is 0 Å². The summed E-state index contributed by atoms with van der Waals surface area (Å²) in [6, 6.07) is 10.7. The molecule has 0 radical (unpaired) electrons. The van der Waals surface area contributed by atoms with Gasteiger partial charge in [-0.2, -0.15) is 5.26 Å². The highest BCUT2D eigenvalue weighted by atomic mass is 16.7. The van der Waals surface area contributed by atoms with Crippen molar-refractivity contribution in [2.75, 3.05) is 27.4 Å². The summed E-state index contributed by atoms with van der Waals surface area (Å²) in [5, 5.41) is 22.8. The molecule has 1 heterocycles. The average molecular weight is 557 g/mol. The van der Waals surface area contributed by atoms with E-state index in [4.69, 9.17) is 28.4 Å². The van der Waals surface area contributed by atoms with Gasteiger partial charge in [0.05, 0.1) is 45.3 Å². The van der Waals surface area contributed by atoms with Crippen molar-refractivity contribution in [1.29, 1.82) is 5.26 Å². The highest BCUT2D eigenvalue weighted by Crippen LogP contribution is 2.53. The van der Waals surface area contributed by atoms with Gasteiger partial charge >= 0.3 is 0 Å². The zero-order chi connectivity index (χ0) is 29.3. The summed E-state index contributed by atoms with van der Waals surface area (Å²) >= 11 is 0. The number of nitrogens with zero attached hydrogens (tertiary/aromatic N) is 2. The first-order chi connectivity index (χ1) is 19.3. The highest BCUT2D eigenvalue weighted by molar-refractivity contribution is 5.65. The van der Waals surface area contributed by atoms with Crippen molar-refractivity contribution in [3.05, 3.63) is 46.0 Å². The number of nitro groups is 1. The minimum Gasteiger partial charge on any atom is -0.490 e. The minimum absolute atomic E-state index is 0.0968. The molecule has 2 aromatic carbocycles. The van der Waals surface area contributed by atoms with Crippen LogP contribution in [-0.2, 0) is 5.41 Å². The molecule has 3 atom stereocenters. The first kappa shape index (κ1) is 30.7. The van der Waals surface area contributed by atoms with Crippen LogP contribution in [0.5, 0.6) is 34.5 Å². The van der Waals surface area contributed by atoms with E-state index in [9.17, 15) is 15.4 Å². The molecule has 0 aromatic heterocycles. The number of fused-ring (bicyclic) bond motifs is 1. The Hall–Kier alpha value is -3.87. The van der Waals surface area contributed by atoms with Crippen LogP contribution in [0.1, 0.15) is 65.4 Å². The first-order valence-corrected chi connectivity index (χ1v) is 13.8. The average Bonchev–Trinajstić information content (AvgIpc) is 3.37. The van der Waals surface area contributed by atoms with Crippen molar-refractivity contribution in [3.8, 4) is 40.6 Å². The van der Waals surface area contributed by atoms with Crippen LogP contribution in [0.15, 0.2) is 30.3 Å². The second kappa shape index (κ2) is 14.0. The van der Waals surface area contributed by atoms with Crippen molar-refractivity contribution in [3.63, 3.8) is 0 Å². The molecule has 40 heavy (non-hydrogen) atoms. The van der Waals surface area contributed by atoms with Gasteiger partial charge in [-0.25, -0.2) is 0 Å². The number of hydrogen-bond donors (Lipinski definition) is 0. The van der Waals surface area contributed by atoms with E-state index in [2.05, 4.69) is 6.07 Å². The lowest BCUT2D eigenvalue weighted by Crippen LogP contribution is -2.34. The maximum atomic E-state index is 12.0. The molecule has 0 fully saturated rings. The molecular formula is C30H40N2O8. The fourth-order valence-electron chi connectivity index (χ4n) is 5.28. The molecule has 0 spiro atoms. The van der Waals surface area contributed by atoms with Gasteiger partial charge in [0.25, 0.3) is 0 Å². The summed E-state index contributed by atoms with van der Waals surface area (Å²) in [6.45, 7) is 8.48.